The Bertz CT molecular complexity index is 677. The molecule has 1 aliphatic rings. The lowest BCUT2D eigenvalue weighted by Gasteiger charge is -2.23. The molecule has 1 aromatic carbocycles. The van der Waals surface area contributed by atoms with E-state index < -0.39 is 0 Å². The van der Waals surface area contributed by atoms with Crippen molar-refractivity contribution in [1.29, 1.82) is 0 Å². The number of aryl methyl sites for hydroxylation is 1. The van der Waals surface area contributed by atoms with Gasteiger partial charge in [0, 0.05) is 32.5 Å². The van der Waals surface area contributed by atoms with E-state index in [1.54, 1.807) is 13.3 Å². The van der Waals surface area contributed by atoms with Gasteiger partial charge >= 0.3 is 6.03 Å². The lowest BCUT2D eigenvalue weighted by Crippen LogP contribution is -2.41. The van der Waals surface area contributed by atoms with Crippen LogP contribution < -0.4 is 10.1 Å². The zero-order chi connectivity index (χ0) is 16.2. The summed E-state index contributed by atoms with van der Waals surface area (Å²) in [6, 6.07) is 7.37. The Hall–Kier alpha value is -2.50. The predicted molar refractivity (Wildman–Crippen MR) is 87.4 cm³/mol. The van der Waals surface area contributed by atoms with Gasteiger partial charge in [-0.1, -0.05) is 12.1 Å². The number of carbonyl (C=O) groups is 1. The molecule has 1 N–H and O–H groups in total. The Balaban J connectivity index is 1.90. The van der Waals surface area contributed by atoms with Crippen molar-refractivity contribution in [3.63, 3.8) is 0 Å². The SMILES string of the molecule is COc1cccc([C@H](NC(=O)N2CCCC2)c2nccn2C)c1. The molecule has 0 radical (unpaired) electrons. The van der Waals surface area contributed by atoms with Gasteiger partial charge in [0.05, 0.1) is 7.11 Å². The third-order valence-electron chi connectivity index (χ3n) is 4.20. The molecule has 0 aliphatic carbocycles. The van der Waals surface area contributed by atoms with E-state index >= 15 is 0 Å². The fraction of sp³-hybridized carbons (Fsp3) is 0.412. The molecule has 0 saturated carbocycles. The van der Waals surface area contributed by atoms with Gasteiger partial charge in [0.15, 0.2) is 0 Å². The number of carbonyl (C=O) groups excluding carboxylic acids is 1. The van der Waals surface area contributed by atoms with Crippen molar-refractivity contribution < 1.29 is 9.53 Å². The van der Waals surface area contributed by atoms with Crippen molar-refractivity contribution in [3.8, 4) is 5.75 Å². The molecule has 0 unspecified atom stereocenters. The molecule has 1 fully saturated rings. The van der Waals surface area contributed by atoms with E-state index in [9.17, 15) is 4.79 Å². The van der Waals surface area contributed by atoms with E-state index in [1.807, 2.05) is 47.0 Å². The number of imidazole rings is 1. The third kappa shape index (κ3) is 3.31. The first-order chi connectivity index (χ1) is 11.2. The first-order valence-electron chi connectivity index (χ1n) is 7.85. The summed E-state index contributed by atoms with van der Waals surface area (Å²) in [6.45, 7) is 1.63. The maximum absolute atomic E-state index is 12.5. The summed E-state index contributed by atoms with van der Waals surface area (Å²) < 4.78 is 7.23. The largest absolute Gasteiger partial charge is 0.497 e. The zero-order valence-electron chi connectivity index (χ0n) is 13.5. The normalized spacial score (nSPS) is 15.5. The van der Waals surface area contributed by atoms with Crippen LogP contribution in [0, 0.1) is 0 Å². The van der Waals surface area contributed by atoms with Crippen LogP contribution in [0.4, 0.5) is 4.79 Å². The number of urea groups is 1. The lowest BCUT2D eigenvalue weighted by atomic mass is 10.1. The van der Waals surface area contributed by atoms with Gasteiger partial charge in [0.1, 0.15) is 17.6 Å². The topological polar surface area (TPSA) is 59.4 Å². The number of hydrogen-bond acceptors (Lipinski definition) is 3. The van der Waals surface area contributed by atoms with Crippen LogP contribution in [0.1, 0.15) is 30.3 Å². The van der Waals surface area contributed by atoms with Gasteiger partial charge in [-0.3, -0.25) is 0 Å². The second kappa shape index (κ2) is 6.73. The number of rotatable bonds is 4. The van der Waals surface area contributed by atoms with E-state index in [2.05, 4.69) is 10.3 Å². The third-order valence-corrected chi connectivity index (χ3v) is 4.20. The Kier molecular flexibility index (Phi) is 4.50. The molecule has 0 spiro atoms. The van der Waals surface area contributed by atoms with Crippen molar-refractivity contribution in [2.24, 2.45) is 7.05 Å². The second-order valence-corrected chi connectivity index (χ2v) is 5.75. The Morgan fingerprint density at radius 2 is 2.13 bits per heavy atom. The standard InChI is InChI=1S/C17H22N4O2/c1-20-11-8-18-16(20)15(13-6-5-7-14(12-13)23-2)19-17(22)21-9-3-4-10-21/h5-8,11-12,15H,3-4,9-10H2,1-2H3,(H,19,22)/t15-/m0/s1. The minimum absolute atomic E-state index is 0.0432. The molecular weight excluding hydrogens is 292 g/mol. The van der Waals surface area contributed by atoms with Crippen LogP contribution in [0.2, 0.25) is 0 Å². The van der Waals surface area contributed by atoms with Crippen LogP contribution in [0.25, 0.3) is 0 Å². The van der Waals surface area contributed by atoms with Crippen molar-refractivity contribution >= 4 is 6.03 Å². The highest BCUT2D eigenvalue weighted by Crippen LogP contribution is 2.24. The Morgan fingerprint density at radius 1 is 1.35 bits per heavy atom. The number of aromatic nitrogens is 2. The summed E-state index contributed by atoms with van der Waals surface area (Å²) in [6.07, 6.45) is 5.76. The number of hydrogen-bond donors (Lipinski definition) is 1. The summed E-state index contributed by atoms with van der Waals surface area (Å²) in [4.78, 5) is 18.8. The Morgan fingerprint density at radius 3 is 2.78 bits per heavy atom. The van der Waals surface area contributed by atoms with Crippen molar-refractivity contribution in [1.82, 2.24) is 19.8 Å². The number of benzene rings is 1. The smallest absolute Gasteiger partial charge is 0.318 e. The van der Waals surface area contributed by atoms with Gasteiger partial charge in [0.25, 0.3) is 0 Å². The number of amides is 2. The quantitative estimate of drug-likeness (QED) is 0.942. The molecule has 6 heteroatoms. The minimum atomic E-state index is -0.307. The summed E-state index contributed by atoms with van der Waals surface area (Å²) in [5.74, 6) is 1.56. The van der Waals surface area contributed by atoms with E-state index in [0.29, 0.717) is 0 Å². The maximum Gasteiger partial charge on any atom is 0.318 e. The average Bonchev–Trinajstić information content (AvgIpc) is 3.24. The summed E-state index contributed by atoms with van der Waals surface area (Å²) in [5, 5.41) is 3.12. The van der Waals surface area contributed by atoms with Crippen LogP contribution in [0.5, 0.6) is 5.75 Å². The number of likely N-dealkylation sites (tertiary alicyclic amines) is 1. The zero-order valence-corrected chi connectivity index (χ0v) is 13.5. The number of nitrogens with zero attached hydrogens (tertiary/aromatic N) is 3. The van der Waals surface area contributed by atoms with Crippen molar-refractivity contribution in [3.05, 3.63) is 48.0 Å². The van der Waals surface area contributed by atoms with E-state index in [-0.39, 0.29) is 12.1 Å². The van der Waals surface area contributed by atoms with E-state index in [1.165, 1.54) is 0 Å². The fourth-order valence-electron chi connectivity index (χ4n) is 2.91. The average molecular weight is 314 g/mol. The van der Waals surface area contributed by atoms with E-state index in [0.717, 1.165) is 43.1 Å². The van der Waals surface area contributed by atoms with Gasteiger partial charge in [-0.05, 0) is 30.5 Å². The monoisotopic (exact) mass is 314 g/mol. The van der Waals surface area contributed by atoms with Gasteiger partial charge in [-0.2, -0.15) is 0 Å². The first kappa shape index (κ1) is 15.4. The fourth-order valence-corrected chi connectivity index (χ4v) is 2.91. The van der Waals surface area contributed by atoms with Gasteiger partial charge in [-0.15, -0.1) is 0 Å². The van der Waals surface area contributed by atoms with Crippen LogP contribution in [0.3, 0.4) is 0 Å². The van der Waals surface area contributed by atoms with Crippen molar-refractivity contribution in [2.45, 2.75) is 18.9 Å². The molecule has 1 saturated heterocycles. The number of nitrogens with one attached hydrogen (secondary N) is 1. The first-order valence-corrected chi connectivity index (χ1v) is 7.85. The summed E-state index contributed by atoms with van der Waals surface area (Å²) in [7, 11) is 3.56. The van der Waals surface area contributed by atoms with Gasteiger partial charge < -0.3 is 19.5 Å². The molecule has 0 bridgehead atoms. The highest BCUT2D eigenvalue weighted by molar-refractivity contribution is 5.75. The molecule has 3 rings (SSSR count). The van der Waals surface area contributed by atoms with Crippen LogP contribution in [-0.2, 0) is 7.05 Å². The Labute approximate surface area is 136 Å². The molecule has 1 aliphatic heterocycles. The second-order valence-electron chi connectivity index (χ2n) is 5.75. The van der Waals surface area contributed by atoms with Crippen LogP contribution in [0.15, 0.2) is 36.7 Å². The van der Waals surface area contributed by atoms with Crippen molar-refractivity contribution in [2.75, 3.05) is 20.2 Å². The van der Waals surface area contributed by atoms with Crippen LogP contribution in [-0.4, -0.2) is 40.7 Å². The molecule has 2 amide bonds. The maximum atomic E-state index is 12.5. The lowest BCUT2D eigenvalue weighted by molar-refractivity contribution is 0.205. The van der Waals surface area contributed by atoms with Crippen LogP contribution >= 0.6 is 0 Å². The predicted octanol–water partition coefficient (Wildman–Crippen LogP) is 2.32. The molecule has 1 atom stereocenters. The molecule has 23 heavy (non-hydrogen) atoms. The number of ether oxygens (including phenoxy) is 1. The number of methoxy groups -OCH3 is 1. The molecule has 2 aromatic rings. The van der Waals surface area contributed by atoms with Gasteiger partial charge in [-0.25, -0.2) is 9.78 Å². The summed E-state index contributed by atoms with van der Waals surface area (Å²) >= 11 is 0. The molecular formula is C17H22N4O2. The molecule has 1 aromatic heterocycles. The highest BCUT2D eigenvalue weighted by Gasteiger charge is 2.25. The summed E-state index contributed by atoms with van der Waals surface area (Å²) in [5.41, 5.74) is 0.950. The molecule has 122 valence electrons. The minimum Gasteiger partial charge on any atom is -0.497 e. The highest BCUT2D eigenvalue weighted by atomic mass is 16.5. The molecule has 6 nitrogen and oxygen atoms in total. The molecule has 2 heterocycles. The van der Waals surface area contributed by atoms with E-state index in [4.69, 9.17) is 4.74 Å². The van der Waals surface area contributed by atoms with Gasteiger partial charge in [0.2, 0.25) is 0 Å².